The van der Waals surface area contributed by atoms with Gasteiger partial charge in [-0.05, 0) is 66.8 Å². The first-order valence-corrected chi connectivity index (χ1v) is 28.5. The molecule has 5 fully saturated rings. The van der Waals surface area contributed by atoms with Crippen LogP contribution in [-0.2, 0) is 37.4 Å². The molecule has 0 bridgehead atoms. The van der Waals surface area contributed by atoms with E-state index in [1.54, 1.807) is 48.5 Å². The van der Waals surface area contributed by atoms with Crippen LogP contribution in [0, 0.1) is 0 Å². The van der Waals surface area contributed by atoms with E-state index in [0.29, 0.717) is 5.46 Å². The average Bonchev–Trinajstić information content (AvgIpc) is 1.77. The van der Waals surface area contributed by atoms with Crippen molar-refractivity contribution in [2.75, 3.05) is 13.2 Å². The minimum atomic E-state index is -3.71. The molecule has 86 heavy (non-hydrogen) atoms. The van der Waals surface area contributed by atoms with Gasteiger partial charge in [-0.3, -0.25) is 0 Å². The Balaban J connectivity index is 0.730. The summed E-state index contributed by atoms with van der Waals surface area (Å²) < 4.78 is 48.2. The summed E-state index contributed by atoms with van der Waals surface area (Å²) in [6.07, 6.45) is -12.0. The molecule has 0 radical (unpaired) electrons. The summed E-state index contributed by atoms with van der Waals surface area (Å²) in [5.74, 6) is 0. The van der Waals surface area contributed by atoms with Gasteiger partial charge in [-0.1, -0.05) is 218 Å². The molecule has 18 nitrogen and oxygen atoms in total. The van der Waals surface area contributed by atoms with E-state index in [1.807, 2.05) is 158 Å². The van der Waals surface area contributed by atoms with Crippen molar-refractivity contribution in [3.8, 4) is 0 Å². The number of rotatable bonds is 15. The van der Waals surface area contributed by atoms with Crippen LogP contribution in [0.3, 0.4) is 0 Å². The Bertz CT molecular complexity index is 3760. The maximum atomic E-state index is 12.1. The van der Waals surface area contributed by atoms with Gasteiger partial charge in [0.25, 0.3) is 0 Å². The molecule has 13 rings (SSSR count). The zero-order valence-electron chi connectivity index (χ0n) is 46.0. The van der Waals surface area contributed by atoms with Crippen molar-refractivity contribution in [3.63, 3.8) is 0 Å². The summed E-state index contributed by atoms with van der Waals surface area (Å²) in [4.78, 5) is 0. The molecular formula is C64H60B4O18-4. The number of hydrogen-bond donors (Lipinski definition) is 10. The highest BCUT2D eigenvalue weighted by Gasteiger charge is 2.58. The maximum Gasteiger partial charge on any atom is 0.409 e. The van der Waals surface area contributed by atoms with E-state index in [2.05, 4.69) is 0 Å². The molecule has 440 valence electrons. The highest BCUT2D eigenvalue weighted by molar-refractivity contribution is 6.75. The average molecular weight is 1160 g/mol. The van der Waals surface area contributed by atoms with E-state index >= 15 is 0 Å². The van der Waals surface area contributed by atoms with Crippen LogP contribution in [0.2, 0.25) is 0 Å². The molecule has 0 amide bonds. The lowest BCUT2D eigenvalue weighted by Crippen LogP contribution is -2.54. The lowest BCUT2D eigenvalue weighted by atomic mass is 9.69. The lowest BCUT2D eigenvalue weighted by molar-refractivity contribution is -0.130. The zero-order chi connectivity index (χ0) is 59.5. The van der Waals surface area contributed by atoms with E-state index in [1.165, 1.54) is 12.1 Å². The molecule has 5 aliphatic heterocycles. The number of fused-ring (bicyclic) bond motifs is 2. The van der Waals surface area contributed by atoms with E-state index in [-0.39, 0.29) is 23.0 Å². The highest BCUT2D eigenvalue weighted by Crippen LogP contribution is 2.42. The minimum absolute atomic E-state index is 0.0411. The van der Waals surface area contributed by atoms with Gasteiger partial charge in [0.1, 0.15) is 43.1 Å². The molecule has 12 unspecified atom stereocenters. The summed E-state index contributed by atoms with van der Waals surface area (Å²) in [7, 11) is 0. The minimum Gasteiger partial charge on any atom is -0.556 e. The first kappa shape index (κ1) is 57.8. The van der Waals surface area contributed by atoms with Crippen LogP contribution < -0.4 is 21.9 Å². The summed E-state index contributed by atoms with van der Waals surface area (Å²) in [6.45, 7) is -13.9. The number of hydrogen-bond acceptors (Lipinski definition) is 18. The molecule has 8 aromatic rings. The van der Waals surface area contributed by atoms with Crippen LogP contribution in [0.25, 0.3) is 22.3 Å². The van der Waals surface area contributed by atoms with Gasteiger partial charge in [0.05, 0.1) is 24.9 Å². The van der Waals surface area contributed by atoms with E-state index in [9.17, 15) is 50.6 Å². The van der Waals surface area contributed by atoms with E-state index < -0.39 is 95.0 Å². The third-order valence-electron chi connectivity index (χ3n) is 16.8. The molecule has 13 atom stereocenters. The van der Waals surface area contributed by atoms with Gasteiger partial charge >= 0.3 is 27.0 Å². The fraction of sp³-hybridized carbons (Fsp3) is 0.188. The van der Waals surface area contributed by atoms with Crippen LogP contribution in [0.15, 0.2) is 218 Å². The first-order valence-electron chi connectivity index (χ1n) is 28.5. The quantitative estimate of drug-likeness (QED) is 0.0517. The third-order valence-corrected chi connectivity index (χ3v) is 16.8. The predicted molar refractivity (Wildman–Crippen MR) is 322 cm³/mol. The topological polar surface area (TPSA) is 276 Å². The standard InChI is InChI=1S/C64H60B4O18/c69-37-51(70)59-57(71)61-63(80-59)85-67(77,83-61)49-33-25-46(26-34-49)56(42-19-11-4-12-20-42)54(40-15-7-2-8-16-40)44-23-31-48(32-24-44)66(76)79-38-52(82-66)60-58(72)62-64(81-60)86-68(78,84-62)50-35-27-45(28-36-50)55(41-17-9-3-10-18-41)53(39-13-5-1-6-14-39)43-21-29-47(30-22-43)65(73,74)75/h1-36,51-52,57-64,69-78H,37-38H2/q-4/t51?,52?,57?,58?,59?,60?,61-,62?,63?,64?,66?,67?,68?/m0/s1. The van der Waals surface area contributed by atoms with Gasteiger partial charge in [0, 0.05) is 6.61 Å². The summed E-state index contributed by atoms with van der Waals surface area (Å²) >= 11 is 0. The van der Waals surface area contributed by atoms with Gasteiger partial charge < -0.3 is 88.0 Å². The smallest absolute Gasteiger partial charge is 0.409 e. The SMILES string of the molecule is OCC(O)C1OC2O[B-](O)(c3ccc(C(=C(c4ccccc4)c4ccc([B-]5(O)OCC(C6OC7O[B-](O)(c8ccc(C(=C(c9ccccc9)c9ccc([B-](O)(O)O)cc9)c9ccccc9)cc8)OC7C6O)O5)cc4)c4ccccc4)cc3)O[C@H]2C1O. The largest absolute Gasteiger partial charge is 0.556 e. The molecule has 0 saturated carbocycles. The Kier molecular flexibility index (Phi) is 15.6. The zero-order valence-corrected chi connectivity index (χ0v) is 46.0. The van der Waals surface area contributed by atoms with Crippen molar-refractivity contribution in [1.82, 2.24) is 0 Å². The number of aliphatic hydroxyl groups excluding tert-OH is 4. The van der Waals surface area contributed by atoms with Gasteiger partial charge in [0.15, 0.2) is 0 Å². The molecule has 0 aromatic heterocycles. The van der Waals surface area contributed by atoms with Crippen LogP contribution in [0.1, 0.15) is 44.5 Å². The summed E-state index contributed by atoms with van der Waals surface area (Å²) in [5, 5.41) is 108. The molecule has 10 N–H and O–H groups in total. The van der Waals surface area contributed by atoms with Gasteiger partial charge in [-0.15, -0.1) is 21.9 Å². The molecule has 22 heteroatoms. The number of aliphatic hydroxyl groups is 4. The van der Waals surface area contributed by atoms with Gasteiger partial charge in [0.2, 0.25) is 0 Å². The number of benzene rings is 8. The normalized spacial score (nSPS) is 29.7. The first-order chi connectivity index (χ1) is 41.5. The summed E-state index contributed by atoms with van der Waals surface area (Å²) in [6, 6.07) is 66.4. The van der Waals surface area contributed by atoms with Crippen molar-refractivity contribution in [2.45, 2.75) is 61.4 Å². The molecule has 0 aliphatic carbocycles. The Labute approximate surface area is 494 Å². The third kappa shape index (κ3) is 10.8. The van der Waals surface area contributed by atoms with Crippen LogP contribution in [-0.4, -0.2) is 152 Å². The number of ether oxygens (including phenoxy) is 2. The van der Waals surface area contributed by atoms with Crippen LogP contribution >= 0.6 is 0 Å². The van der Waals surface area contributed by atoms with Crippen LogP contribution in [0.4, 0.5) is 0 Å². The molecule has 5 aliphatic rings. The Hall–Kier alpha value is -7.22. The maximum absolute atomic E-state index is 12.1. The van der Waals surface area contributed by atoms with Crippen LogP contribution in [0.5, 0.6) is 0 Å². The molecule has 5 saturated heterocycles. The fourth-order valence-electron chi connectivity index (χ4n) is 12.4. The molecular weight excluding hydrogens is 1100 g/mol. The fourth-order valence-corrected chi connectivity index (χ4v) is 12.4. The Morgan fingerprint density at radius 2 is 0.744 bits per heavy atom. The second-order valence-corrected chi connectivity index (χ2v) is 22.4. The second kappa shape index (κ2) is 23.1. The Morgan fingerprint density at radius 1 is 0.407 bits per heavy atom. The predicted octanol–water partition coefficient (Wildman–Crippen LogP) is 1.71. The molecule has 0 spiro atoms. The van der Waals surface area contributed by atoms with E-state index in [0.717, 1.165) is 66.8 Å². The van der Waals surface area contributed by atoms with Crippen molar-refractivity contribution < 1.29 is 88.0 Å². The summed E-state index contributed by atoms with van der Waals surface area (Å²) in [5.41, 5.74) is 10.6. The van der Waals surface area contributed by atoms with Crippen molar-refractivity contribution in [1.29, 1.82) is 0 Å². The van der Waals surface area contributed by atoms with Crippen molar-refractivity contribution in [2.24, 2.45) is 0 Å². The Morgan fingerprint density at radius 3 is 1.09 bits per heavy atom. The lowest BCUT2D eigenvalue weighted by Gasteiger charge is -2.35. The van der Waals surface area contributed by atoms with Crippen molar-refractivity contribution >= 4 is 71.2 Å². The molecule has 5 heterocycles. The van der Waals surface area contributed by atoms with E-state index in [4.69, 9.17) is 37.4 Å². The second-order valence-electron chi connectivity index (χ2n) is 22.4. The molecule has 8 aromatic carbocycles. The monoisotopic (exact) mass is 1160 g/mol. The van der Waals surface area contributed by atoms with Gasteiger partial charge in [-0.25, -0.2) is 0 Å². The van der Waals surface area contributed by atoms with Crippen molar-refractivity contribution in [3.05, 3.63) is 263 Å². The van der Waals surface area contributed by atoms with Gasteiger partial charge in [-0.2, -0.15) is 0 Å². The highest BCUT2D eigenvalue weighted by atomic mass is 16.8.